The Morgan fingerprint density at radius 1 is 1.17 bits per heavy atom. The van der Waals surface area contributed by atoms with Crippen LogP contribution < -0.4 is 0 Å². The van der Waals surface area contributed by atoms with Crippen LogP contribution in [0.2, 0.25) is 0 Å². The van der Waals surface area contributed by atoms with E-state index in [1.165, 1.54) is 5.56 Å². The van der Waals surface area contributed by atoms with Crippen LogP contribution in [0.4, 0.5) is 0 Å². The van der Waals surface area contributed by atoms with E-state index >= 15 is 0 Å². The highest BCUT2D eigenvalue weighted by atomic mass is 79.9. The monoisotopic (exact) mass is 290 g/mol. The first-order valence-corrected chi connectivity index (χ1v) is 5.92. The van der Waals surface area contributed by atoms with E-state index in [0.717, 1.165) is 6.42 Å². The zero-order valence-corrected chi connectivity index (χ0v) is 10.2. The fourth-order valence-corrected chi connectivity index (χ4v) is 2.04. The van der Waals surface area contributed by atoms with Gasteiger partial charge in [-0.15, -0.1) is 0 Å². The Morgan fingerprint density at radius 3 is 2.25 bits per heavy atom. The van der Waals surface area contributed by atoms with Crippen LogP contribution in [-0.4, -0.2) is 4.83 Å². The van der Waals surface area contributed by atoms with Crippen LogP contribution in [0.15, 0.2) is 30.3 Å². The van der Waals surface area contributed by atoms with Crippen molar-refractivity contribution < 1.29 is 0 Å². The van der Waals surface area contributed by atoms with Crippen LogP contribution in [0.25, 0.3) is 0 Å². The molecule has 0 N–H and O–H groups in total. The highest BCUT2D eigenvalue weighted by Crippen LogP contribution is 2.32. The van der Waals surface area contributed by atoms with Crippen molar-refractivity contribution in [3.05, 3.63) is 35.9 Å². The average Bonchev–Trinajstić information content (AvgIpc) is 2.17. The van der Waals surface area contributed by atoms with Gasteiger partial charge in [0.1, 0.15) is 0 Å². The van der Waals surface area contributed by atoms with Gasteiger partial charge in [0.2, 0.25) is 0 Å². The minimum atomic E-state index is 0.420. The first-order chi connectivity index (χ1) is 5.75. The molecule has 0 saturated heterocycles. The molecular formula is C10H12Br2. The number of halogens is 2. The summed E-state index contributed by atoms with van der Waals surface area (Å²) in [5.41, 5.74) is 1.33. The highest BCUT2D eigenvalue weighted by Gasteiger charge is 2.14. The van der Waals surface area contributed by atoms with Gasteiger partial charge in [-0.05, 0) is 12.0 Å². The second-order valence-electron chi connectivity index (χ2n) is 2.74. The summed E-state index contributed by atoms with van der Waals surface area (Å²) in [5, 5.41) is 0. The molecule has 0 bridgehead atoms. The molecule has 0 radical (unpaired) electrons. The van der Waals surface area contributed by atoms with E-state index in [4.69, 9.17) is 0 Å². The summed E-state index contributed by atoms with van der Waals surface area (Å²) in [5.74, 6) is 0. The maximum Gasteiger partial charge on any atom is 0.0520 e. The Hall–Kier alpha value is 0.180. The molecule has 0 aliphatic rings. The van der Waals surface area contributed by atoms with E-state index in [1.807, 2.05) is 6.07 Å². The molecule has 2 heteroatoms. The number of benzene rings is 1. The zero-order chi connectivity index (χ0) is 8.97. The van der Waals surface area contributed by atoms with Gasteiger partial charge in [0.05, 0.1) is 4.83 Å². The van der Waals surface area contributed by atoms with Crippen LogP contribution in [-0.2, 0) is 0 Å². The SMILES string of the molecule is CCC(Br)C(Br)c1ccccc1. The molecule has 12 heavy (non-hydrogen) atoms. The second kappa shape index (κ2) is 5.03. The van der Waals surface area contributed by atoms with E-state index < -0.39 is 0 Å². The minimum absolute atomic E-state index is 0.420. The first-order valence-electron chi connectivity index (χ1n) is 4.08. The molecule has 0 nitrogen and oxygen atoms in total. The number of rotatable bonds is 3. The van der Waals surface area contributed by atoms with Crippen molar-refractivity contribution in [3.8, 4) is 0 Å². The topological polar surface area (TPSA) is 0 Å². The van der Waals surface area contributed by atoms with Gasteiger partial charge in [-0.2, -0.15) is 0 Å². The number of alkyl halides is 2. The quantitative estimate of drug-likeness (QED) is 0.729. The molecule has 66 valence electrons. The summed E-state index contributed by atoms with van der Waals surface area (Å²) in [4.78, 5) is 0.934. The van der Waals surface area contributed by atoms with E-state index in [9.17, 15) is 0 Å². The molecule has 0 saturated carbocycles. The molecule has 0 aliphatic carbocycles. The fourth-order valence-electron chi connectivity index (χ4n) is 1.05. The summed E-state index contributed by atoms with van der Waals surface area (Å²) in [6, 6.07) is 10.5. The van der Waals surface area contributed by atoms with Crippen molar-refractivity contribution in [1.82, 2.24) is 0 Å². The second-order valence-corrected chi connectivity index (χ2v) is 4.90. The zero-order valence-electron chi connectivity index (χ0n) is 7.00. The first kappa shape index (κ1) is 10.3. The lowest BCUT2D eigenvalue weighted by atomic mass is 10.1. The summed E-state index contributed by atoms with van der Waals surface area (Å²) >= 11 is 7.30. The van der Waals surface area contributed by atoms with E-state index in [1.54, 1.807) is 0 Å². The van der Waals surface area contributed by atoms with Gasteiger partial charge in [0.25, 0.3) is 0 Å². The molecule has 0 spiro atoms. The molecule has 0 aromatic heterocycles. The van der Waals surface area contributed by atoms with Crippen molar-refractivity contribution in [2.24, 2.45) is 0 Å². The lowest BCUT2D eigenvalue weighted by Crippen LogP contribution is -2.04. The molecular weight excluding hydrogens is 280 g/mol. The predicted octanol–water partition coefficient (Wildman–Crippen LogP) is 4.30. The summed E-state index contributed by atoms with van der Waals surface area (Å²) in [7, 11) is 0. The van der Waals surface area contributed by atoms with Gasteiger partial charge < -0.3 is 0 Å². The van der Waals surface area contributed by atoms with Crippen LogP contribution in [0.3, 0.4) is 0 Å². The molecule has 2 atom stereocenters. The Morgan fingerprint density at radius 2 is 1.75 bits per heavy atom. The molecule has 1 rings (SSSR count). The van der Waals surface area contributed by atoms with Crippen molar-refractivity contribution in [2.75, 3.05) is 0 Å². The normalized spacial score (nSPS) is 15.6. The maximum absolute atomic E-state index is 3.66. The minimum Gasteiger partial charge on any atom is -0.0875 e. The predicted molar refractivity (Wildman–Crippen MR) is 61.1 cm³/mol. The molecule has 0 heterocycles. The Bertz CT molecular complexity index is 221. The molecule has 0 fully saturated rings. The summed E-state index contributed by atoms with van der Waals surface area (Å²) in [6.45, 7) is 2.18. The van der Waals surface area contributed by atoms with Crippen LogP contribution in [0, 0.1) is 0 Å². The molecule has 1 aromatic rings. The van der Waals surface area contributed by atoms with E-state index in [0.29, 0.717) is 9.65 Å². The largest absolute Gasteiger partial charge is 0.0875 e. The van der Waals surface area contributed by atoms with Crippen molar-refractivity contribution in [2.45, 2.75) is 23.0 Å². The molecule has 0 aliphatic heterocycles. The van der Waals surface area contributed by atoms with Crippen molar-refractivity contribution in [3.63, 3.8) is 0 Å². The lowest BCUT2D eigenvalue weighted by molar-refractivity contribution is 0.823. The van der Waals surface area contributed by atoms with E-state index in [-0.39, 0.29) is 0 Å². The smallest absolute Gasteiger partial charge is 0.0520 e. The third-order valence-electron chi connectivity index (χ3n) is 1.83. The summed E-state index contributed by atoms with van der Waals surface area (Å²) in [6.07, 6.45) is 1.13. The van der Waals surface area contributed by atoms with Crippen molar-refractivity contribution in [1.29, 1.82) is 0 Å². The molecule has 1 aromatic carbocycles. The van der Waals surface area contributed by atoms with Gasteiger partial charge in [0, 0.05) is 4.83 Å². The highest BCUT2D eigenvalue weighted by molar-refractivity contribution is 9.12. The van der Waals surface area contributed by atoms with Crippen molar-refractivity contribution >= 4 is 31.9 Å². The number of hydrogen-bond donors (Lipinski definition) is 0. The van der Waals surface area contributed by atoms with Gasteiger partial charge in [-0.3, -0.25) is 0 Å². The average molecular weight is 292 g/mol. The molecule has 0 amide bonds. The van der Waals surface area contributed by atoms with Crippen LogP contribution in [0.5, 0.6) is 0 Å². The molecule has 2 unspecified atom stereocenters. The van der Waals surface area contributed by atoms with E-state index in [2.05, 4.69) is 63.0 Å². The third-order valence-corrected chi connectivity index (χ3v) is 4.88. The van der Waals surface area contributed by atoms with Gasteiger partial charge >= 0.3 is 0 Å². The lowest BCUT2D eigenvalue weighted by Gasteiger charge is -2.14. The maximum atomic E-state index is 3.66. The Kier molecular flexibility index (Phi) is 4.30. The standard InChI is InChI=1S/C10H12Br2/c1-2-9(11)10(12)8-6-4-3-5-7-8/h3-7,9-10H,2H2,1H3. The summed E-state index contributed by atoms with van der Waals surface area (Å²) < 4.78 is 0. The van der Waals surface area contributed by atoms with Crippen LogP contribution >= 0.6 is 31.9 Å². The van der Waals surface area contributed by atoms with Gasteiger partial charge in [-0.25, -0.2) is 0 Å². The number of hydrogen-bond acceptors (Lipinski definition) is 0. The Balaban J connectivity index is 2.71. The van der Waals surface area contributed by atoms with Gasteiger partial charge in [0.15, 0.2) is 0 Å². The Labute approximate surface area is 90.6 Å². The van der Waals surface area contributed by atoms with Crippen LogP contribution in [0.1, 0.15) is 23.7 Å². The third kappa shape index (κ3) is 2.60. The fraction of sp³-hybridized carbons (Fsp3) is 0.400. The van der Waals surface area contributed by atoms with Gasteiger partial charge in [-0.1, -0.05) is 69.1 Å².